The highest BCUT2D eigenvalue weighted by molar-refractivity contribution is 5.86. The fourth-order valence-corrected chi connectivity index (χ4v) is 1.86. The Hall–Kier alpha value is -0.370. The molecule has 0 heterocycles. The van der Waals surface area contributed by atoms with E-state index in [1.807, 2.05) is 27.7 Å². The Balaban J connectivity index is 4.25. The van der Waals surface area contributed by atoms with Gasteiger partial charge in [0.05, 0.1) is 6.10 Å². The zero-order valence-corrected chi connectivity index (χ0v) is 10.8. The van der Waals surface area contributed by atoms with E-state index < -0.39 is 11.5 Å². The van der Waals surface area contributed by atoms with E-state index in [1.165, 1.54) is 0 Å². The molecular formula is C13H26O2. The predicted octanol–water partition coefficient (Wildman–Crippen LogP) is 3.18. The van der Waals surface area contributed by atoms with E-state index in [-0.39, 0.29) is 11.7 Å². The summed E-state index contributed by atoms with van der Waals surface area (Å²) in [5.41, 5.74) is -0.595. The third-order valence-electron chi connectivity index (χ3n) is 3.07. The molecule has 15 heavy (non-hydrogen) atoms. The summed E-state index contributed by atoms with van der Waals surface area (Å²) in [7, 11) is 0. The van der Waals surface area contributed by atoms with Gasteiger partial charge < -0.3 is 5.11 Å². The number of hydrogen-bond donors (Lipinski definition) is 1. The fraction of sp³-hybridized carbons (Fsp3) is 0.923. The lowest BCUT2D eigenvalue weighted by Crippen LogP contribution is -2.39. The van der Waals surface area contributed by atoms with E-state index in [1.54, 1.807) is 0 Å². The van der Waals surface area contributed by atoms with Gasteiger partial charge in [-0.2, -0.15) is 0 Å². The van der Waals surface area contributed by atoms with E-state index in [4.69, 9.17) is 0 Å². The van der Waals surface area contributed by atoms with Crippen molar-refractivity contribution in [2.45, 2.75) is 66.4 Å². The zero-order chi connectivity index (χ0) is 12.1. The van der Waals surface area contributed by atoms with Gasteiger partial charge >= 0.3 is 0 Å². The van der Waals surface area contributed by atoms with Crippen LogP contribution in [0.4, 0.5) is 0 Å². The van der Waals surface area contributed by atoms with Gasteiger partial charge in [-0.1, -0.05) is 53.9 Å². The SMILES string of the molecule is CCCCCC(O)C(C)(C)C(=O)C(C)C. The van der Waals surface area contributed by atoms with Gasteiger partial charge in [0.1, 0.15) is 5.78 Å². The van der Waals surface area contributed by atoms with Gasteiger partial charge in [0.25, 0.3) is 0 Å². The van der Waals surface area contributed by atoms with E-state index in [0.29, 0.717) is 0 Å². The fourth-order valence-electron chi connectivity index (χ4n) is 1.86. The largest absolute Gasteiger partial charge is 0.392 e. The molecule has 0 saturated heterocycles. The average Bonchev–Trinajstić information content (AvgIpc) is 2.16. The van der Waals surface area contributed by atoms with Crippen LogP contribution in [0.5, 0.6) is 0 Å². The van der Waals surface area contributed by atoms with Crippen LogP contribution in [-0.4, -0.2) is 17.0 Å². The van der Waals surface area contributed by atoms with Crippen molar-refractivity contribution < 1.29 is 9.90 Å². The molecule has 1 unspecified atom stereocenters. The van der Waals surface area contributed by atoms with Crippen molar-refractivity contribution in [2.24, 2.45) is 11.3 Å². The Morgan fingerprint density at radius 1 is 1.27 bits per heavy atom. The average molecular weight is 214 g/mol. The summed E-state index contributed by atoms with van der Waals surface area (Å²) in [5, 5.41) is 10.0. The molecule has 0 aliphatic heterocycles. The Kier molecular flexibility index (Phi) is 6.11. The molecule has 0 saturated carbocycles. The number of ketones is 1. The Labute approximate surface area is 94.1 Å². The molecule has 90 valence electrons. The molecule has 0 spiro atoms. The maximum atomic E-state index is 11.9. The van der Waals surface area contributed by atoms with Crippen LogP contribution in [0.25, 0.3) is 0 Å². The summed E-state index contributed by atoms with van der Waals surface area (Å²) in [6.07, 6.45) is 3.51. The Morgan fingerprint density at radius 2 is 1.80 bits per heavy atom. The maximum Gasteiger partial charge on any atom is 0.143 e. The van der Waals surface area contributed by atoms with Crippen LogP contribution < -0.4 is 0 Å². The summed E-state index contributed by atoms with van der Waals surface area (Å²) in [5.74, 6) is 0.160. The number of carbonyl (C=O) groups is 1. The molecule has 0 aromatic carbocycles. The van der Waals surface area contributed by atoms with Crippen LogP contribution in [-0.2, 0) is 4.79 Å². The van der Waals surface area contributed by atoms with Crippen LogP contribution in [0.1, 0.15) is 60.3 Å². The number of Topliss-reactive ketones (excluding diaryl/α,β-unsaturated/α-hetero) is 1. The van der Waals surface area contributed by atoms with Gasteiger partial charge in [0, 0.05) is 11.3 Å². The molecule has 0 aromatic heterocycles. The van der Waals surface area contributed by atoms with Gasteiger partial charge in [0.15, 0.2) is 0 Å². The number of carbonyl (C=O) groups excluding carboxylic acids is 1. The van der Waals surface area contributed by atoms with Crippen molar-refractivity contribution in [3.8, 4) is 0 Å². The number of aliphatic hydroxyl groups excluding tert-OH is 1. The highest BCUT2D eigenvalue weighted by atomic mass is 16.3. The van der Waals surface area contributed by atoms with E-state index in [0.717, 1.165) is 25.7 Å². The molecule has 0 bridgehead atoms. The third-order valence-corrected chi connectivity index (χ3v) is 3.07. The van der Waals surface area contributed by atoms with Crippen LogP contribution in [0, 0.1) is 11.3 Å². The van der Waals surface area contributed by atoms with Crippen molar-refractivity contribution >= 4 is 5.78 Å². The van der Waals surface area contributed by atoms with Crippen molar-refractivity contribution in [1.82, 2.24) is 0 Å². The minimum Gasteiger partial charge on any atom is -0.392 e. The number of rotatable bonds is 7. The monoisotopic (exact) mass is 214 g/mol. The van der Waals surface area contributed by atoms with Gasteiger partial charge in [-0.15, -0.1) is 0 Å². The lowest BCUT2D eigenvalue weighted by Gasteiger charge is -2.30. The van der Waals surface area contributed by atoms with Crippen LogP contribution in [0.3, 0.4) is 0 Å². The minimum atomic E-state index is -0.595. The number of hydrogen-bond acceptors (Lipinski definition) is 2. The molecule has 1 atom stereocenters. The molecule has 0 aliphatic rings. The van der Waals surface area contributed by atoms with Crippen LogP contribution >= 0.6 is 0 Å². The molecule has 0 amide bonds. The second kappa shape index (κ2) is 6.26. The smallest absolute Gasteiger partial charge is 0.143 e. The lowest BCUT2D eigenvalue weighted by molar-refractivity contribution is -0.136. The van der Waals surface area contributed by atoms with Gasteiger partial charge in [0.2, 0.25) is 0 Å². The van der Waals surface area contributed by atoms with Crippen LogP contribution in [0.2, 0.25) is 0 Å². The van der Waals surface area contributed by atoms with Crippen LogP contribution in [0.15, 0.2) is 0 Å². The van der Waals surface area contributed by atoms with Gasteiger partial charge in [-0.05, 0) is 6.42 Å². The first kappa shape index (κ1) is 14.6. The molecule has 2 nitrogen and oxygen atoms in total. The lowest BCUT2D eigenvalue weighted by atomic mass is 9.76. The van der Waals surface area contributed by atoms with Crippen molar-refractivity contribution in [3.63, 3.8) is 0 Å². The first-order valence-corrected chi connectivity index (χ1v) is 6.06. The molecule has 0 aliphatic carbocycles. The summed E-state index contributed by atoms with van der Waals surface area (Å²) in [6.45, 7) is 9.63. The summed E-state index contributed by atoms with van der Waals surface area (Å²) >= 11 is 0. The molecule has 2 heteroatoms. The number of aliphatic hydroxyl groups is 1. The standard InChI is InChI=1S/C13H26O2/c1-6-7-8-9-11(14)13(4,5)12(15)10(2)3/h10-11,14H,6-9H2,1-5H3. The first-order chi connectivity index (χ1) is 6.84. The number of unbranched alkanes of at least 4 members (excludes halogenated alkanes) is 2. The van der Waals surface area contributed by atoms with E-state index >= 15 is 0 Å². The van der Waals surface area contributed by atoms with Crippen molar-refractivity contribution in [1.29, 1.82) is 0 Å². The predicted molar refractivity (Wildman–Crippen MR) is 63.8 cm³/mol. The Morgan fingerprint density at radius 3 is 2.20 bits per heavy atom. The molecular weight excluding hydrogens is 188 g/mol. The molecule has 0 fully saturated rings. The van der Waals surface area contributed by atoms with Crippen molar-refractivity contribution in [2.75, 3.05) is 0 Å². The maximum absolute atomic E-state index is 11.9. The van der Waals surface area contributed by atoms with Gasteiger partial charge in [-0.25, -0.2) is 0 Å². The van der Waals surface area contributed by atoms with E-state index in [9.17, 15) is 9.90 Å². The zero-order valence-electron chi connectivity index (χ0n) is 10.8. The quantitative estimate of drug-likeness (QED) is 0.661. The van der Waals surface area contributed by atoms with E-state index in [2.05, 4.69) is 6.92 Å². The second-order valence-corrected chi connectivity index (χ2v) is 5.25. The summed E-state index contributed by atoms with van der Waals surface area (Å²) in [4.78, 5) is 11.9. The third kappa shape index (κ3) is 4.33. The highest BCUT2D eigenvalue weighted by Gasteiger charge is 2.36. The minimum absolute atomic E-state index is 0.000764. The highest BCUT2D eigenvalue weighted by Crippen LogP contribution is 2.28. The molecule has 0 aromatic rings. The molecule has 1 N–H and O–H groups in total. The first-order valence-electron chi connectivity index (χ1n) is 6.06. The molecule has 0 radical (unpaired) electrons. The second-order valence-electron chi connectivity index (χ2n) is 5.25. The summed E-state index contributed by atoms with van der Waals surface area (Å²) < 4.78 is 0. The normalized spacial score (nSPS) is 14.3. The van der Waals surface area contributed by atoms with Gasteiger partial charge in [-0.3, -0.25) is 4.79 Å². The molecule has 0 rings (SSSR count). The van der Waals surface area contributed by atoms with Crippen molar-refractivity contribution in [3.05, 3.63) is 0 Å². The summed E-state index contributed by atoms with van der Waals surface area (Å²) in [6, 6.07) is 0. The Bertz CT molecular complexity index is 195. The topological polar surface area (TPSA) is 37.3 Å².